The summed E-state index contributed by atoms with van der Waals surface area (Å²) in [5.41, 5.74) is -1.14. The van der Waals surface area contributed by atoms with E-state index in [1.54, 1.807) is 30.3 Å². The van der Waals surface area contributed by atoms with Crippen molar-refractivity contribution in [1.29, 1.82) is 0 Å². The maximum atomic E-state index is 13.5. The van der Waals surface area contributed by atoms with Crippen LogP contribution in [0.2, 0.25) is 0 Å². The third-order valence-corrected chi connectivity index (χ3v) is 7.58. The molecule has 6 nitrogen and oxygen atoms in total. The van der Waals surface area contributed by atoms with Crippen molar-refractivity contribution in [3.63, 3.8) is 0 Å². The normalized spacial score (nSPS) is 17.0. The van der Waals surface area contributed by atoms with Crippen LogP contribution < -0.4 is 14.4 Å². The Hall–Kier alpha value is -3.53. The van der Waals surface area contributed by atoms with Crippen LogP contribution in [0.4, 0.5) is 18.9 Å². The molecule has 10 heteroatoms. The van der Waals surface area contributed by atoms with Gasteiger partial charge in [-0.2, -0.15) is 13.2 Å². The van der Waals surface area contributed by atoms with Gasteiger partial charge in [-0.05, 0) is 50.2 Å². The van der Waals surface area contributed by atoms with Crippen molar-refractivity contribution < 1.29 is 31.1 Å². The van der Waals surface area contributed by atoms with Crippen LogP contribution in [0.25, 0.3) is 0 Å². The number of ether oxygens (including phenoxy) is 1. The number of halogens is 3. The maximum absolute atomic E-state index is 13.5. The van der Waals surface area contributed by atoms with E-state index < -0.39 is 45.9 Å². The Kier molecular flexibility index (Phi) is 6.74. The summed E-state index contributed by atoms with van der Waals surface area (Å²) in [6, 6.07) is 17.9. The molecule has 1 aliphatic heterocycles. The fraction of sp³-hybridized carbons (Fsp3) is 0.269. The molecule has 3 aromatic rings. The number of sulfonamides is 1. The average Bonchev–Trinajstić information content (AvgIpc) is 2.82. The van der Waals surface area contributed by atoms with E-state index in [2.05, 4.69) is 5.32 Å². The number of rotatable bonds is 6. The van der Waals surface area contributed by atoms with Crippen molar-refractivity contribution in [3.05, 3.63) is 90.0 Å². The summed E-state index contributed by atoms with van der Waals surface area (Å²) in [7, 11) is -4.36. The molecule has 190 valence electrons. The SMILES string of the molecule is CC1(C)CC(NC(=O)CN(c2cccc(C(F)(F)F)c2)S(=O)(=O)c2ccccc2)c2ccccc2O1. The zero-order valence-corrected chi connectivity index (χ0v) is 20.4. The van der Waals surface area contributed by atoms with Gasteiger partial charge in [0.25, 0.3) is 10.0 Å². The molecular formula is C26H25F3N2O4S. The molecule has 1 N–H and O–H groups in total. The number of nitrogens with one attached hydrogen (secondary N) is 1. The number of hydrogen-bond acceptors (Lipinski definition) is 4. The van der Waals surface area contributed by atoms with Crippen molar-refractivity contribution >= 4 is 21.6 Å². The molecule has 1 amide bonds. The van der Waals surface area contributed by atoms with E-state index in [1.165, 1.54) is 30.3 Å². The number of hydrogen-bond donors (Lipinski definition) is 1. The number of benzene rings is 3. The van der Waals surface area contributed by atoms with Crippen LogP contribution in [0.15, 0.2) is 83.8 Å². The molecule has 0 aromatic heterocycles. The third-order valence-electron chi connectivity index (χ3n) is 5.79. The van der Waals surface area contributed by atoms with Gasteiger partial charge in [0.1, 0.15) is 17.9 Å². The Morgan fingerprint density at radius 1 is 1.03 bits per heavy atom. The largest absolute Gasteiger partial charge is 0.487 e. The van der Waals surface area contributed by atoms with E-state index >= 15 is 0 Å². The van der Waals surface area contributed by atoms with Crippen LogP contribution in [0.5, 0.6) is 5.75 Å². The van der Waals surface area contributed by atoms with Gasteiger partial charge >= 0.3 is 6.18 Å². The predicted molar refractivity (Wildman–Crippen MR) is 129 cm³/mol. The lowest BCUT2D eigenvalue weighted by molar-refractivity contribution is -0.137. The summed E-state index contributed by atoms with van der Waals surface area (Å²) in [5.74, 6) is -0.0601. The number of para-hydroxylation sites is 1. The van der Waals surface area contributed by atoms with Crippen LogP contribution in [-0.2, 0) is 21.0 Å². The molecule has 0 radical (unpaired) electrons. The van der Waals surface area contributed by atoms with Gasteiger partial charge in [-0.25, -0.2) is 8.42 Å². The smallest absolute Gasteiger partial charge is 0.416 e. The molecule has 1 heterocycles. The highest BCUT2D eigenvalue weighted by atomic mass is 32.2. The first-order valence-electron chi connectivity index (χ1n) is 11.2. The number of fused-ring (bicyclic) bond motifs is 1. The van der Waals surface area contributed by atoms with Gasteiger partial charge in [0.05, 0.1) is 22.2 Å². The van der Waals surface area contributed by atoms with Crippen LogP contribution in [0.1, 0.15) is 37.4 Å². The summed E-state index contributed by atoms with van der Waals surface area (Å²) in [5, 5.41) is 2.85. The first-order valence-corrected chi connectivity index (χ1v) is 12.6. The maximum Gasteiger partial charge on any atom is 0.416 e. The Balaban J connectivity index is 1.68. The van der Waals surface area contributed by atoms with Crippen LogP contribution in [-0.4, -0.2) is 26.5 Å². The monoisotopic (exact) mass is 518 g/mol. The Labute approximate surface area is 207 Å². The molecule has 0 spiro atoms. The van der Waals surface area contributed by atoms with Crippen LogP contribution in [0, 0.1) is 0 Å². The standard InChI is InChI=1S/C26H25F3N2O4S/c1-25(2)16-22(21-13-6-7-14-23(21)35-25)30-24(32)17-31(36(33,34)20-11-4-3-5-12-20)19-10-8-9-18(15-19)26(27,28)29/h3-15,22H,16-17H2,1-2H3,(H,30,32). The predicted octanol–water partition coefficient (Wildman–Crippen LogP) is 5.32. The van der Waals surface area contributed by atoms with Crippen molar-refractivity contribution in [3.8, 4) is 5.75 Å². The first-order chi connectivity index (χ1) is 16.9. The quantitative estimate of drug-likeness (QED) is 0.479. The number of nitrogens with zero attached hydrogens (tertiary/aromatic N) is 1. The minimum atomic E-state index is -4.68. The lowest BCUT2D eigenvalue weighted by atomic mass is 9.89. The van der Waals surface area contributed by atoms with E-state index in [1.807, 2.05) is 13.8 Å². The Bertz CT molecular complexity index is 1360. The minimum absolute atomic E-state index is 0.146. The van der Waals surface area contributed by atoms with Gasteiger partial charge in [0.15, 0.2) is 0 Å². The van der Waals surface area contributed by atoms with Crippen molar-refractivity contribution in [1.82, 2.24) is 5.32 Å². The highest BCUT2D eigenvalue weighted by Gasteiger charge is 2.36. The molecule has 0 fully saturated rings. The highest BCUT2D eigenvalue weighted by Crippen LogP contribution is 2.39. The molecule has 1 aliphatic rings. The van der Waals surface area contributed by atoms with E-state index in [4.69, 9.17) is 4.74 Å². The van der Waals surface area contributed by atoms with Gasteiger partial charge in [-0.15, -0.1) is 0 Å². The first kappa shape index (κ1) is 25.6. The molecule has 0 saturated carbocycles. The fourth-order valence-electron chi connectivity index (χ4n) is 4.17. The summed E-state index contributed by atoms with van der Waals surface area (Å²) in [6.45, 7) is 3.03. The molecule has 4 rings (SSSR count). The molecule has 0 saturated heterocycles. The van der Waals surface area contributed by atoms with Crippen molar-refractivity contribution in [2.45, 2.75) is 43.0 Å². The third kappa shape index (κ3) is 5.48. The van der Waals surface area contributed by atoms with Gasteiger partial charge in [-0.3, -0.25) is 9.10 Å². The van der Waals surface area contributed by atoms with Gasteiger partial charge in [0, 0.05) is 12.0 Å². The Morgan fingerprint density at radius 3 is 2.39 bits per heavy atom. The lowest BCUT2D eigenvalue weighted by Gasteiger charge is -2.38. The van der Waals surface area contributed by atoms with E-state index in [0.29, 0.717) is 16.5 Å². The molecule has 1 unspecified atom stereocenters. The summed E-state index contributed by atoms with van der Waals surface area (Å²) >= 11 is 0. The Morgan fingerprint density at radius 2 is 1.69 bits per heavy atom. The highest BCUT2D eigenvalue weighted by molar-refractivity contribution is 7.92. The zero-order chi connectivity index (χ0) is 26.1. The number of alkyl halides is 3. The summed E-state index contributed by atoms with van der Waals surface area (Å²) in [6.07, 6.45) is -4.26. The molecular weight excluding hydrogens is 493 g/mol. The number of amides is 1. The number of anilines is 1. The van der Waals surface area contributed by atoms with Crippen LogP contribution in [0.3, 0.4) is 0 Å². The number of carbonyl (C=O) groups is 1. The second kappa shape index (κ2) is 9.50. The summed E-state index contributed by atoms with van der Waals surface area (Å²) in [4.78, 5) is 13.0. The molecule has 3 aromatic carbocycles. The minimum Gasteiger partial charge on any atom is -0.487 e. The van der Waals surface area contributed by atoms with Crippen molar-refractivity contribution in [2.24, 2.45) is 0 Å². The average molecular weight is 519 g/mol. The van der Waals surface area contributed by atoms with Gasteiger partial charge < -0.3 is 10.1 Å². The summed E-state index contributed by atoms with van der Waals surface area (Å²) < 4.78 is 73.7. The van der Waals surface area contributed by atoms with E-state index in [0.717, 1.165) is 23.8 Å². The van der Waals surface area contributed by atoms with Crippen molar-refractivity contribution in [2.75, 3.05) is 10.8 Å². The van der Waals surface area contributed by atoms with Gasteiger partial charge in [-0.1, -0.05) is 42.5 Å². The second-order valence-corrected chi connectivity index (χ2v) is 11.0. The van der Waals surface area contributed by atoms with E-state index in [9.17, 15) is 26.4 Å². The molecule has 0 aliphatic carbocycles. The van der Waals surface area contributed by atoms with Gasteiger partial charge in [0.2, 0.25) is 5.91 Å². The van der Waals surface area contributed by atoms with Crippen LogP contribution >= 0.6 is 0 Å². The number of carbonyl (C=O) groups excluding carboxylic acids is 1. The zero-order valence-electron chi connectivity index (χ0n) is 19.6. The topological polar surface area (TPSA) is 75.7 Å². The fourth-order valence-corrected chi connectivity index (χ4v) is 5.61. The second-order valence-electron chi connectivity index (χ2n) is 9.10. The van der Waals surface area contributed by atoms with E-state index in [-0.39, 0.29) is 10.6 Å². The lowest BCUT2D eigenvalue weighted by Crippen LogP contribution is -2.45. The molecule has 1 atom stereocenters. The molecule has 0 bridgehead atoms. The molecule has 36 heavy (non-hydrogen) atoms.